The fourth-order valence-corrected chi connectivity index (χ4v) is 7.70. The van der Waals surface area contributed by atoms with Crippen LogP contribution >= 0.6 is 0 Å². The molecule has 54 heavy (non-hydrogen) atoms. The Morgan fingerprint density at radius 2 is 0.741 bits per heavy atom. The Kier molecular flexibility index (Phi) is 7.85. The molecule has 2 heteroatoms. The fourth-order valence-electron chi connectivity index (χ4n) is 7.70. The topological polar surface area (TPSA) is 25.8 Å². The number of rotatable bonds is 6. The molecule has 0 amide bonds. The molecule has 252 valence electrons. The smallest absolute Gasteiger partial charge is 0.160 e. The molecule has 10 rings (SSSR count). The summed E-state index contributed by atoms with van der Waals surface area (Å²) in [6, 6.07) is 73.5. The van der Waals surface area contributed by atoms with Crippen LogP contribution in [0, 0.1) is 0 Å². The zero-order valence-electron chi connectivity index (χ0n) is 29.5. The van der Waals surface area contributed by atoms with Gasteiger partial charge in [-0.15, -0.1) is 0 Å². The van der Waals surface area contributed by atoms with Crippen molar-refractivity contribution >= 4 is 32.4 Å². The van der Waals surface area contributed by atoms with Gasteiger partial charge >= 0.3 is 0 Å². The lowest BCUT2D eigenvalue weighted by Gasteiger charge is -2.12. The van der Waals surface area contributed by atoms with Gasteiger partial charge in [-0.2, -0.15) is 0 Å². The van der Waals surface area contributed by atoms with Crippen LogP contribution in [0.1, 0.15) is 0 Å². The van der Waals surface area contributed by atoms with E-state index in [4.69, 9.17) is 9.97 Å². The molecule has 2 nitrogen and oxygen atoms in total. The maximum absolute atomic E-state index is 5.16. The largest absolute Gasteiger partial charge is 0.227 e. The molecule has 9 aromatic carbocycles. The third kappa shape index (κ3) is 5.81. The van der Waals surface area contributed by atoms with E-state index in [2.05, 4.69) is 200 Å². The van der Waals surface area contributed by atoms with E-state index >= 15 is 0 Å². The van der Waals surface area contributed by atoms with Crippen LogP contribution in [0.2, 0.25) is 0 Å². The normalized spacial score (nSPS) is 11.3. The summed E-state index contributed by atoms with van der Waals surface area (Å²) >= 11 is 0. The Morgan fingerprint density at radius 3 is 1.44 bits per heavy atom. The summed E-state index contributed by atoms with van der Waals surface area (Å²) in [6.07, 6.45) is 0. The van der Waals surface area contributed by atoms with Gasteiger partial charge in [0.15, 0.2) is 5.82 Å². The predicted octanol–water partition coefficient (Wildman–Crippen LogP) is 13.9. The van der Waals surface area contributed by atoms with Crippen molar-refractivity contribution in [2.75, 3.05) is 0 Å². The molecule has 0 aliphatic carbocycles. The molecule has 0 spiro atoms. The second-order valence-corrected chi connectivity index (χ2v) is 13.8. The fraction of sp³-hybridized carbons (Fsp3) is 0. The van der Waals surface area contributed by atoms with Crippen molar-refractivity contribution in [2.45, 2.75) is 0 Å². The SMILES string of the molecule is c1ccc(-c2nc(-c3ccc(-c4ccc(-c5cccc(-c6cccc(-c7cccc8ccccc78)c6)c5)cc4)cc3)nc3c2ccc2ccccc23)cc1. The molecule has 1 heterocycles. The zero-order valence-corrected chi connectivity index (χ0v) is 29.5. The third-order valence-electron chi connectivity index (χ3n) is 10.5. The lowest BCUT2D eigenvalue weighted by Crippen LogP contribution is -1.96. The molecule has 0 radical (unpaired) electrons. The Labute approximate surface area is 314 Å². The molecule has 10 aromatic rings. The molecular weight excluding hydrogens is 653 g/mol. The summed E-state index contributed by atoms with van der Waals surface area (Å²) in [5.74, 6) is 0.724. The minimum atomic E-state index is 0.724. The molecule has 0 aliphatic rings. The van der Waals surface area contributed by atoms with E-state index < -0.39 is 0 Å². The molecule has 0 unspecified atom stereocenters. The molecule has 0 bridgehead atoms. The highest BCUT2D eigenvalue weighted by Gasteiger charge is 2.14. The third-order valence-corrected chi connectivity index (χ3v) is 10.5. The van der Waals surface area contributed by atoms with E-state index in [1.54, 1.807) is 0 Å². The van der Waals surface area contributed by atoms with Gasteiger partial charge in [-0.1, -0.05) is 188 Å². The first-order valence-corrected chi connectivity index (χ1v) is 18.4. The minimum absolute atomic E-state index is 0.724. The van der Waals surface area contributed by atoms with E-state index in [9.17, 15) is 0 Å². The molecule has 0 saturated carbocycles. The quantitative estimate of drug-likeness (QED) is 0.163. The average molecular weight is 687 g/mol. The predicted molar refractivity (Wildman–Crippen MR) is 227 cm³/mol. The van der Waals surface area contributed by atoms with Crippen molar-refractivity contribution in [1.29, 1.82) is 0 Å². The van der Waals surface area contributed by atoms with Crippen molar-refractivity contribution in [2.24, 2.45) is 0 Å². The second-order valence-electron chi connectivity index (χ2n) is 13.8. The maximum atomic E-state index is 5.16. The van der Waals surface area contributed by atoms with Crippen molar-refractivity contribution < 1.29 is 0 Å². The minimum Gasteiger partial charge on any atom is -0.227 e. The van der Waals surface area contributed by atoms with E-state index in [0.717, 1.165) is 44.5 Å². The molecule has 0 aliphatic heterocycles. The second kappa shape index (κ2) is 13.4. The summed E-state index contributed by atoms with van der Waals surface area (Å²) in [6.45, 7) is 0. The van der Waals surface area contributed by atoms with Crippen LogP contribution in [-0.4, -0.2) is 9.97 Å². The number of hydrogen-bond donors (Lipinski definition) is 0. The van der Waals surface area contributed by atoms with Crippen LogP contribution in [0.5, 0.6) is 0 Å². The molecular formula is C52H34N2. The summed E-state index contributed by atoms with van der Waals surface area (Å²) in [5, 5.41) is 5.89. The Balaban J connectivity index is 0.943. The van der Waals surface area contributed by atoms with Gasteiger partial charge in [-0.25, -0.2) is 9.97 Å². The first-order valence-electron chi connectivity index (χ1n) is 18.4. The van der Waals surface area contributed by atoms with E-state index in [-0.39, 0.29) is 0 Å². The van der Waals surface area contributed by atoms with Gasteiger partial charge in [0.25, 0.3) is 0 Å². The highest BCUT2D eigenvalue weighted by Crippen LogP contribution is 2.36. The number of benzene rings is 9. The van der Waals surface area contributed by atoms with Crippen LogP contribution in [0.4, 0.5) is 0 Å². The van der Waals surface area contributed by atoms with Gasteiger partial charge in [0.1, 0.15) is 0 Å². The maximum Gasteiger partial charge on any atom is 0.160 e. The van der Waals surface area contributed by atoms with Crippen molar-refractivity contribution in [3.63, 3.8) is 0 Å². The number of nitrogens with zero attached hydrogens (tertiary/aromatic N) is 2. The summed E-state index contributed by atoms with van der Waals surface area (Å²) in [4.78, 5) is 10.3. The van der Waals surface area contributed by atoms with Gasteiger partial charge in [0, 0.05) is 21.9 Å². The first-order chi connectivity index (χ1) is 26.7. The zero-order chi connectivity index (χ0) is 35.8. The Hall–Kier alpha value is -7.16. The van der Waals surface area contributed by atoms with Crippen molar-refractivity contribution in [3.8, 4) is 67.2 Å². The van der Waals surface area contributed by atoms with Gasteiger partial charge in [-0.05, 0) is 78.9 Å². The summed E-state index contributed by atoms with van der Waals surface area (Å²) in [7, 11) is 0. The van der Waals surface area contributed by atoms with Gasteiger partial charge in [0.05, 0.1) is 11.2 Å². The lowest BCUT2D eigenvalue weighted by atomic mass is 9.93. The Bertz CT molecular complexity index is 2960. The Morgan fingerprint density at radius 1 is 0.259 bits per heavy atom. The summed E-state index contributed by atoms with van der Waals surface area (Å²) < 4.78 is 0. The van der Waals surface area contributed by atoms with Gasteiger partial charge in [0.2, 0.25) is 0 Å². The average Bonchev–Trinajstić information content (AvgIpc) is 3.26. The number of aromatic nitrogens is 2. The number of hydrogen-bond acceptors (Lipinski definition) is 2. The molecule has 0 fully saturated rings. The van der Waals surface area contributed by atoms with Crippen molar-refractivity contribution in [1.82, 2.24) is 9.97 Å². The highest BCUT2D eigenvalue weighted by atomic mass is 14.9. The van der Waals surface area contributed by atoms with Gasteiger partial charge in [-0.3, -0.25) is 0 Å². The first kappa shape index (κ1) is 31.6. The highest BCUT2D eigenvalue weighted by molar-refractivity contribution is 6.09. The van der Waals surface area contributed by atoms with Crippen LogP contribution in [0.3, 0.4) is 0 Å². The standard InChI is InChI=1S/C52H34N2/c1-2-13-40(14-3-1)50-49-32-31-39-12-5-7-21-48(39)51(49)54-52(53-50)41-29-27-36(28-30-41)35-23-25-37(26-24-35)42-16-8-17-43(33-42)44-18-9-19-45(34-44)47-22-10-15-38-11-4-6-20-46(38)47/h1-34H. The summed E-state index contributed by atoms with van der Waals surface area (Å²) in [5.41, 5.74) is 13.6. The van der Waals surface area contributed by atoms with Gasteiger partial charge < -0.3 is 0 Å². The van der Waals surface area contributed by atoms with E-state index in [1.165, 1.54) is 55.1 Å². The van der Waals surface area contributed by atoms with Crippen LogP contribution < -0.4 is 0 Å². The number of fused-ring (bicyclic) bond motifs is 4. The molecule has 1 aromatic heterocycles. The molecule has 0 atom stereocenters. The monoisotopic (exact) mass is 686 g/mol. The lowest BCUT2D eigenvalue weighted by molar-refractivity contribution is 1.23. The molecule has 0 N–H and O–H groups in total. The van der Waals surface area contributed by atoms with Crippen LogP contribution in [0.15, 0.2) is 206 Å². The van der Waals surface area contributed by atoms with Crippen molar-refractivity contribution in [3.05, 3.63) is 206 Å². The van der Waals surface area contributed by atoms with Crippen LogP contribution in [0.25, 0.3) is 99.6 Å². The van der Waals surface area contributed by atoms with E-state index in [1.807, 2.05) is 6.07 Å². The van der Waals surface area contributed by atoms with Crippen LogP contribution in [-0.2, 0) is 0 Å². The van der Waals surface area contributed by atoms with E-state index in [0.29, 0.717) is 0 Å². The molecule has 0 saturated heterocycles.